The van der Waals surface area contributed by atoms with Gasteiger partial charge in [-0.15, -0.1) is 0 Å². The SMILES string of the molecule is CC(C1CCOCC1)N1N=CCC1=O. The van der Waals surface area contributed by atoms with Gasteiger partial charge in [0.15, 0.2) is 0 Å². The molecule has 0 saturated carbocycles. The maximum absolute atomic E-state index is 11.4. The maximum Gasteiger partial charge on any atom is 0.248 e. The van der Waals surface area contributed by atoms with E-state index in [1.54, 1.807) is 11.2 Å². The van der Waals surface area contributed by atoms with Crippen LogP contribution in [0.3, 0.4) is 0 Å². The molecule has 0 spiro atoms. The maximum atomic E-state index is 11.4. The smallest absolute Gasteiger partial charge is 0.248 e. The fraction of sp³-hybridized carbons (Fsp3) is 0.800. The van der Waals surface area contributed by atoms with Crippen LogP contribution in [0, 0.1) is 5.92 Å². The molecule has 0 aromatic heterocycles. The van der Waals surface area contributed by atoms with E-state index < -0.39 is 0 Å². The summed E-state index contributed by atoms with van der Waals surface area (Å²) in [5, 5.41) is 5.74. The number of hydrazone groups is 1. The van der Waals surface area contributed by atoms with Crippen molar-refractivity contribution in [2.45, 2.75) is 32.2 Å². The van der Waals surface area contributed by atoms with E-state index in [0.29, 0.717) is 12.3 Å². The van der Waals surface area contributed by atoms with Gasteiger partial charge in [0, 0.05) is 19.4 Å². The van der Waals surface area contributed by atoms with Gasteiger partial charge >= 0.3 is 0 Å². The Kier molecular flexibility index (Phi) is 2.82. The number of carbonyl (C=O) groups is 1. The van der Waals surface area contributed by atoms with Crippen LogP contribution < -0.4 is 0 Å². The first-order valence-corrected chi connectivity index (χ1v) is 5.21. The van der Waals surface area contributed by atoms with Gasteiger partial charge in [0.25, 0.3) is 0 Å². The zero-order valence-corrected chi connectivity index (χ0v) is 8.48. The van der Waals surface area contributed by atoms with Crippen molar-refractivity contribution in [1.82, 2.24) is 5.01 Å². The molecule has 2 heterocycles. The molecule has 1 fully saturated rings. The van der Waals surface area contributed by atoms with E-state index in [-0.39, 0.29) is 11.9 Å². The van der Waals surface area contributed by atoms with Crippen LogP contribution in [0.1, 0.15) is 26.2 Å². The van der Waals surface area contributed by atoms with Crippen molar-refractivity contribution >= 4 is 12.1 Å². The first kappa shape index (κ1) is 9.65. The number of rotatable bonds is 2. The average Bonchev–Trinajstić information content (AvgIpc) is 2.65. The standard InChI is InChI=1S/C10H16N2O2/c1-8(9-3-6-14-7-4-9)12-10(13)2-5-11-12/h5,8-9H,2-4,6-7H2,1H3. The summed E-state index contributed by atoms with van der Waals surface area (Å²) in [6, 6.07) is 0.227. The first-order chi connectivity index (χ1) is 6.79. The third kappa shape index (κ3) is 1.80. The third-order valence-corrected chi connectivity index (χ3v) is 3.06. The lowest BCUT2D eigenvalue weighted by Gasteiger charge is -2.31. The highest BCUT2D eigenvalue weighted by Crippen LogP contribution is 2.24. The molecule has 78 valence electrons. The predicted octanol–water partition coefficient (Wildman–Crippen LogP) is 1.02. The Labute approximate surface area is 83.9 Å². The highest BCUT2D eigenvalue weighted by molar-refractivity contribution is 5.93. The van der Waals surface area contributed by atoms with Crippen LogP contribution in [0.25, 0.3) is 0 Å². The topological polar surface area (TPSA) is 41.9 Å². The van der Waals surface area contributed by atoms with Crippen molar-refractivity contribution in [3.05, 3.63) is 0 Å². The van der Waals surface area contributed by atoms with Crippen LogP contribution in [0.2, 0.25) is 0 Å². The van der Waals surface area contributed by atoms with Crippen molar-refractivity contribution in [2.75, 3.05) is 13.2 Å². The largest absolute Gasteiger partial charge is 0.381 e. The molecule has 14 heavy (non-hydrogen) atoms. The molecule has 4 nitrogen and oxygen atoms in total. The summed E-state index contributed by atoms with van der Waals surface area (Å²) in [5.74, 6) is 0.673. The van der Waals surface area contributed by atoms with Crippen LogP contribution in [0.15, 0.2) is 5.10 Å². The highest BCUT2D eigenvalue weighted by atomic mass is 16.5. The predicted molar refractivity (Wildman–Crippen MR) is 53.0 cm³/mol. The molecule has 2 rings (SSSR count). The van der Waals surface area contributed by atoms with Gasteiger partial charge in [-0.1, -0.05) is 0 Å². The van der Waals surface area contributed by atoms with Crippen LogP contribution in [0.4, 0.5) is 0 Å². The van der Waals surface area contributed by atoms with Crippen molar-refractivity contribution in [2.24, 2.45) is 11.0 Å². The van der Waals surface area contributed by atoms with Gasteiger partial charge in [-0.2, -0.15) is 5.10 Å². The molecule has 2 aliphatic rings. The molecular formula is C10H16N2O2. The van der Waals surface area contributed by atoms with Crippen molar-refractivity contribution in [1.29, 1.82) is 0 Å². The Morgan fingerprint density at radius 1 is 1.57 bits per heavy atom. The normalized spacial score (nSPS) is 25.8. The summed E-state index contributed by atoms with van der Waals surface area (Å²) in [4.78, 5) is 11.4. The summed E-state index contributed by atoms with van der Waals surface area (Å²) in [5.41, 5.74) is 0. The lowest BCUT2D eigenvalue weighted by Crippen LogP contribution is -2.39. The van der Waals surface area contributed by atoms with E-state index in [0.717, 1.165) is 26.1 Å². The molecule has 0 aliphatic carbocycles. The van der Waals surface area contributed by atoms with Crippen molar-refractivity contribution < 1.29 is 9.53 Å². The summed E-state index contributed by atoms with van der Waals surface area (Å²) in [6.07, 6.45) is 4.24. The number of hydrogen-bond donors (Lipinski definition) is 0. The van der Waals surface area contributed by atoms with Gasteiger partial charge in [-0.05, 0) is 25.7 Å². The zero-order valence-electron chi connectivity index (χ0n) is 8.48. The highest BCUT2D eigenvalue weighted by Gasteiger charge is 2.30. The minimum atomic E-state index is 0.129. The Morgan fingerprint density at radius 2 is 2.29 bits per heavy atom. The second kappa shape index (κ2) is 4.09. The lowest BCUT2D eigenvalue weighted by molar-refractivity contribution is -0.132. The minimum absolute atomic E-state index is 0.129. The zero-order chi connectivity index (χ0) is 9.97. The molecule has 4 heteroatoms. The fourth-order valence-electron chi connectivity index (χ4n) is 2.09. The Bertz CT molecular complexity index is 247. The number of nitrogens with zero attached hydrogens (tertiary/aromatic N) is 2. The molecule has 2 aliphatic heterocycles. The second-order valence-corrected chi connectivity index (χ2v) is 3.93. The van der Waals surface area contributed by atoms with Crippen molar-refractivity contribution in [3.8, 4) is 0 Å². The molecule has 0 N–H and O–H groups in total. The van der Waals surface area contributed by atoms with Crippen molar-refractivity contribution in [3.63, 3.8) is 0 Å². The summed E-state index contributed by atoms with van der Waals surface area (Å²) >= 11 is 0. The van der Waals surface area contributed by atoms with Crippen LogP contribution in [-0.4, -0.2) is 36.4 Å². The minimum Gasteiger partial charge on any atom is -0.381 e. The second-order valence-electron chi connectivity index (χ2n) is 3.93. The number of carbonyl (C=O) groups excluding carboxylic acids is 1. The van der Waals surface area contributed by atoms with E-state index in [4.69, 9.17) is 4.74 Å². The van der Waals surface area contributed by atoms with E-state index in [1.807, 2.05) is 0 Å². The third-order valence-electron chi connectivity index (χ3n) is 3.06. The Balaban J connectivity index is 1.95. The van der Waals surface area contributed by atoms with Gasteiger partial charge in [0.1, 0.15) is 0 Å². The molecule has 0 aromatic carbocycles. The van der Waals surface area contributed by atoms with E-state index in [2.05, 4.69) is 12.0 Å². The van der Waals surface area contributed by atoms with E-state index in [9.17, 15) is 4.79 Å². The molecular weight excluding hydrogens is 180 g/mol. The monoisotopic (exact) mass is 196 g/mol. The molecule has 1 saturated heterocycles. The lowest BCUT2D eigenvalue weighted by atomic mass is 9.92. The van der Waals surface area contributed by atoms with E-state index >= 15 is 0 Å². The summed E-state index contributed by atoms with van der Waals surface area (Å²) in [6.45, 7) is 3.72. The quantitative estimate of drug-likeness (QED) is 0.661. The molecule has 1 unspecified atom stereocenters. The fourth-order valence-corrected chi connectivity index (χ4v) is 2.09. The number of ether oxygens (including phenoxy) is 1. The van der Waals surface area contributed by atoms with Gasteiger partial charge in [-0.3, -0.25) is 4.79 Å². The van der Waals surface area contributed by atoms with E-state index in [1.165, 1.54) is 0 Å². The Morgan fingerprint density at radius 3 is 2.86 bits per heavy atom. The molecule has 0 radical (unpaired) electrons. The van der Waals surface area contributed by atoms with Crippen LogP contribution >= 0.6 is 0 Å². The molecule has 1 amide bonds. The summed E-state index contributed by atoms with van der Waals surface area (Å²) in [7, 11) is 0. The van der Waals surface area contributed by atoms with Crippen LogP contribution in [-0.2, 0) is 9.53 Å². The average molecular weight is 196 g/mol. The van der Waals surface area contributed by atoms with Gasteiger partial charge in [0.2, 0.25) is 5.91 Å². The molecule has 0 aromatic rings. The van der Waals surface area contributed by atoms with Crippen LogP contribution in [0.5, 0.6) is 0 Å². The van der Waals surface area contributed by atoms with Gasteiger partial charge in [-0.25, -0.2) is 5.01 Å². The number of hydrogen-bond acceptors (Lipinski definition) is 3. The molecule has 1 atom stereocenters. The molecule has 0 bridgehead atoms. The summed E-state index contributed by atoms with van der Waals surface area (Å²) < 4.78 is 5.30. The Hall–Kier alpha value is -0.900. The number of amides is 1. The van der Waals surface area contributed by atoms with Gasteiger partial charge < -0.3 is 4.74 Å². The van der Waals surface area contributed by atoms with Gasteiger partial charge in [0.05, 0.1) is 12.5 Å². The first-order valence-electron chi connectivity index (χ1n) is 5.21.